The number of carbonyl (C=O) groups excluding carboxylic acids is 1. The van der Waals surface area contributed by atoms with Crippen LogP contribution in [0.4, 0.5) is 16.2 Å². The summed E-state index contributed by atoms with van der Waals surface area (Å²) < 4.78 is 10.3. The van der Waals surface area contributed by atoms with E-state index in [2.05, 4.69) is 0 Å². The van der Waals surface area contributed by atoms with Crippen LogP contribution in [0.15, 0.2) is 24.3 Å². The van der Waals surface area contributed by atoms with Gasteiger partial charge in [-0.2, -0.15) is 5.23 Å². The normalized spacial score (nSPS) is 12.9. The van der Waals surface area contributed by atoms with Crippen molar-refractivity contribution < 1.29 is 24.7 Å². The molecule has 7 nitrogen and oxygen atoms in total. The van der Waals surface area contributed by atoms with Gasteiger partial charge >= 0.3 is 6.09 Å². The first kappa shape index (κ1) is 17.4. The van der Waals surface area contributed by atoms with Gasteiger partial charge in [0, 0.05) is 24.9 Å². The molecule has 1 atom stereocenters. The Labute approximate surface area is 124 Å². The summed E-state index contributed by atoms with van der Waals surface area (Å²) in [7, 11) is 1.54. The third-order valence-corrected chi connectivity index (χ3v) is 2.56. The van der Waals surface area contributed by atoms with E-state index in [1.807, 2.05) is 0 Å². The fraction of sp³-hybridized carbons (Fsp3) is 0.500. The van der Waals surface area contributed by atoms with Gasteiger partial charge in [-0.15, -0.1) is 0 Å². The first-order valence-corrected chi connectivity index (χ1v) is 6.57. The number of hydrogen-bond acceptors (Lipinski definition) is 5. The van der Waals surface area contributed by atoms with E-state index in [-0.39, 0.29) is 5.69 Å². The van der Waals surface area contributed by atoms with Gasteiger partial charge in [-0.25, -0.2) is 10.0 Å². The lowest BCUT2D eigenvalue weighted by Gasteiger charge is -2.27. The fourth-order valence-corrected chi connectivity index (χ4v) is 1.61. The second-order valence-electron chi connectivity index (χ2n) is 5.48. The van der Waals surface area contributed by atoms with Crippen LogP contribution < -0.4 is 10.1 Å². The van der Waals surface area contributed by atoms with Crippen LogP contribution in [0.3, 0.4) is 0 Å². The van der Waals surface area contributed by atoms with E-state index in [0.29, 0.717) is 18.8 Å². The van der Waals surface area contributed by atoms with Crippen molar-refractivity contribution in [2.45, 2.75) is 26.4 Å². The van der Waals surface area contributed by atoms with Gasteiger partial charge in [0.1, 0.15) is 5.60 Å². The van der Waals surface area contributed by atoms with Crippen LogP contribution in [0.1, 0.15) is 20.8 Å². The highest BCUT2D eigenvalue weighted by Crippen LogP contribution is 2.19. The maximum Gasteiger partial charge on any atom is 0.414 e. The smallest absolute Gasteiger partial charge is 0.414 e. The molecule has 0 fully saturated rings. The first-order chi connectivity index (χ1) is 9.74. The molecule has 1 amide bonds. The van der Waals surface area contributed by atoms with E-state index in [1.54, 1.807) is 40.0 Å². The average Bonchev–Trinajstić information content (AvgIpc) is 2.37. The van der Waals surface area contributed by atoms with Crippen molar-refractivity contribution in [3.8, 4) is 0 Å². The molecule has 7 heteroatoms. The number of carbonyl (C=O) groups is 1. The van der Waals surface area contributed by atoms with Crippen LogP contribution in [0, 0.1) is 5.21 Å². The topological polar surface area (TPSA) is 86.5 Å². The van der Waals surface area contributed by atoms with Crippen LogP contribution in [0.2, 0.25) is 0 Å². The maximum atomic E-state index is 12.2. The Kier molecular flexibility index (Phi) is 6.10. The summed E-state index contributed by atoms with van der Waals surface area (Å²) in [6, 6.07) is 6.04. The predicted octanol–water partition coefficient (Wildman–Crippen LogP) is 1.48. The summed E-state index contributed by atoms with van der Waals surface area (Å²) in [4.78, 5) is 13.6. The summed E-state index contributed by atoms with van der Waals surface area (Å²) in [6.45, 7) is 6.02. The van der Waals surface area contributed by atoms with Gasteiger partial charge < -0.3 is 14.7 Å². The lowest BCUT2D eigenvalue weighted by Crippen LogP contribution is -2.99. The van der Waals surface area contributed by atoms with E-state index in [1.165, 1.54) is 17.0 Å². The number of nitrogens with one attached hydrogen (secondary N) is 1. The summed E-state index contributed by atoms with van der Waals surface area (Å²) in [5.74, 6) is 0. The van der Waals surface area contributed by atoms with E-state index in [0.717, 1.165) is 0 Å². The van der Waals surface area contributed by atoms with Crippen molar-refractivity contribution in [3.05, 3.63) is 29.5 Å². The predicted molar refractivity (Wildman–Crippen MR) is 77.7 cm³/mol. The van der Waals surface area contributed by atoms with Crippen LogP contribution in [0.25, 0.3) is 0 Å². The Morgan fingerprint density at radius 1 is 1.33 bits per heavy atom. The number of quaternary nitrogens is 1. The molecule has 0 aliphatic carbocycles. The number of benzene rings is 1. The zero-order chi connectivity index (χ0) is 16.0. The van der Waals surface area contributed by atoms with Crippen molar-refractivity contribution in [1.29, 1.82) is 0 Å². The Bertz CT molecular complexity index is 453. The van der Waals surface area contributed by atoms with Crippen molar-refractivity contribution in [2.24, 2.45) is 0 Å². The third-order valence-electron chi connectivity index (χ3n) is 2.56. The van der Waals surface area contributed by atoms with Crippen LogP contribution in [-0.4, -0.2) is 37.2 Å². The molecule has 0 spiro atoms. The molecular formula is C14H22N2O5. The number of rotatable bonds is 5. The van der Waals surface area contributed by atoms with Gasteiger partial charge in [0.05, 0.1) is 13.2 Å². The Morgan fingerprint density at radius 3 is 2.33 bits per heavy atom. The zero-order valence-corrected chi connectivity index (χ0v) is 12.8. The molecule has 0 bridgehead atoms. The highest BCUT2D eigenvalue weighted by Gasteiger charge is 2.23. The quantitative estimate of drug-likeness (QED) is 0.804. The summed E-state index contributed by atoms with van der Waals surface area (Å²) in [5, 5.41) is 18.7. The molecule has 21 heavy (non-hydrogen) atoms. The molecule has 0 saturated heterocycles. The zero-order valence-electron chi connectivity index (χ0n) is 12.8. The molecule has 0 radical (unpaired) electrons. The van der Waals surface area contributed by atoms with Gasteiger partial charge in [0.15, 0.2) is 5.69 Å². The molecule has 0 saturated carbocycles. The SMILES string of the molecule is COCCN(C(=O)OC(C)(C)C)c1ccc([NH+]([O-])O)cc1. The minimum absolute atomic E-state index is 0.162. The number of nitrogens with zero attached hydrogens (tertiary/aromatic N) is 1. The van der Waals surface area contributed by atoms with Gasteiger partial charge in [0.2, 0.25) is 0 Å². The molecule has 0 aromatic heterocycles. The van der Waals surface area contributed by atoms with Crippen LogP contribution >= 0.6 is 0 Å². The molecule has 1 aromatic carbocycles. The molecule has 1 aromatic rings. The number of methoxy groups -OCH3 is 1. The number of amides is 1. The maximum absolute atomic E-state index is 12.2. The Balaban J connectivity index is 2.93. The Hall–Kier alpha value is -1.67. The number of ether oxygens (including phenoxy) is 2. The molecule has 0 heterocycles. The largest absolute Gasteiger partial charge is 0.595 e. The average molecular weight is 298 g/mol. The lowest BCUT2D eigenvalue weighted by atomic mass is 10.2. The Morgan fingerprint density at radius 2 is 1.90 bits per heavy atom. The summed E-state index contributed by atoms with van der Waals surface area (Å²) >= 11 is 0. The van der Waals surface area contributed by atoms with Crippen molar-refractivity contribution in [1.82, 2.24) is 0 Å². The number of hydrogen-bond donors (Lipinski definition) is 2. The summed E-state index contributed by atoms with van der Waals surface area (Å²) in [5.41, 5.74) is 0.115. The van der Waals surface area contributed by atoms with E-state index >= 15 is 0 Å². The molecule has 118 valence electrons. The minimum atomic E-state index is -1.01. The molecule has 1 rings (SSSR count). The van der Waals surface area contributed by atoms with E-state index < -0.39 is 16.9 Å². The molecular weight excluding hydrogens is 276 g/mol. The molecule has 2 N–H and O–H groups in total. The third kappa shape index (κ3) is 5.68. The highest BCUT2D eigenvalue weighted by molar-refractivity contribution is 5.88. The first-order valence-electron chi connectivity index (χ1n) is 6.57. The van der Waals surface area contributed by atoms with Crippen LogP contribution in [0.5, 0.6) is 0 Å². The van der Waals surface area contributed by atoms with Gasteiger partial charge in [-0.3, -0.25) is 4.90 Å². The van der Waals surface area contributed by atoms with Gasteiger partial charge in [-0.1, -0.05) is 0 Å². The fourth-order valence-electron chi connectivity index (χ4n) is 1.61. The molecule has 0 aliphatic rings. The van der Waals surface area contributed by atoms with Gasteiger partial charge in [0.25, 0.3) is 0 Å². The summed E-state index contributed by atoms with van der Waals surface area (Å²) in [6.07, 6.45) is -0.498. The van der Waals surface area contributed by atoms with Crippen molar-refractivity contribution >= 4 is 17.5 Å². The lowest BCUT2D eigenvalue weighted by molar-refractivity contribution is -0.991. The number of anilines is 1. The molecule has 1 unspecified atom stereocenters. The van der Waals surface area contributed by atoms with Crippen LogP contribution in [-0.2, 0) is 9.47 Å². The highest BCUT2D eigenvalue weighted by atomic mass is 16.8. The van der Waals surface area contributed by atoms with Crippen molar-refractivity contribution in [3.63, 3.8) is 0 Å². The minimum Gasteiger partial charge on any atom is -0.595 e. The van der Waals surface area contributed by atoms with Gasteiger partial charge in [-0.05, 0) is 32.9 Å². The standard InChI is InChI=1S/C14H22N2O5/c1-14(2,3)21-13(17)15(9-10-20-4)11-5-7-12(8-6-11)16(18)19/h5-8,16,18H,9-10H2,1-4H3. The van der Waals surface area contributed by atoms with E-state index in [4.69, 9.17) is 14.7 Å². The van der Waals surface area contributed by atoms with E-state index in [9.17, 15) is 10.0 Å². The molecule has 0 aliphatic heterocycles. The second-order valence-corrected chi connectivity index (χ2v) is 5.48. The van der Waals surface area contributed by atoms with Crippen molar-refractivity contribution in [2.75, 3.05) is 25.2 Å². The monoisotopic (exact) mass is 298 g/mol. The second kappa shape index (κ2) is 7.37.